The van der Waals surface area contributed by atoms with Gasteiger partial charge in [-0.05, 0) is 24.1 Å². The van der Waals surface area contributed by atoms with E-state index in [-0.39, 0.29) is 17.0 Å². The predicted octanol–water partition coefficient (Wildman–Crippen LogP) is 3.32. The number of aromatic nitrogens is 1. The van der Waals surface area contributed by atoms with Gasteiger partial charge in [0.15, 0.2) is 0 Å². The van der Waals surface area contributed by atoms with Crippen molar-refractivity contribution in [2.24, 2.45) is 0 Å². The molecule has 1 fully saturated rings. The second kappa shape index (κ2) is 10.2. The normalized spacial score (nSPS) is 19.6. The summed E-state index contributed by atoms with van der Waals surface area (Å²) in [4.78, 5) is 30.6. The third kappa shape index (κ3) is 5.68. The summed E-state index contributed by atoms with van der Waals surface area (Å²) in [5.41, 5.74) is 1.56. The maximum absolute atomic E-state index is 12.6. The Balaban J connectivity index is 1.70. The predicted molar refractivity (Wildman–Crippen MR) is 113 cm³/mol. The molecule has 152 valence electrons. The molecule has 1 aliphatic heterocycles. The molecule has 29 heavy (non-hydrogen) atoms. The molecule has 1 N–H and O–H groups in total. The number of aliphatic hydroxyl groups excluding tert-OH is 1. The molecule has 1 aliphatic rings. The molecule has 0 radical (unpaired) electrons. The lowest BCUT2D eigenvalue weighted by atomic mass is 10.0. The van der Waals surface area contributed by atoms with Gasteiger partial charge in [0, 0.05) is 36.2 Å². The summed E-state index contributed by atoms with van der Waals surface area (Å²) in [6.07, 6.45) is 4.47. The number of carbonyl (C=O) groups excluding carboxylic acids is 2. The minimum atomic E-state index is -0.772. The number of likely N-dealkylation sites (tertiary alicyclic amines) is 1. The summed E-state index contributed by atoms with van der Waals surface area (Å²) in [6, 6.07) is 12.3. The monoisotopic (exact) mass is 412 g/mol. The van der Waals surface area contributed by atoms with Crippen molar-refractivity contribution >= 4 is 23.0 Å². The Hall–Kier alpha value is -2.64. The van der Waals surface area contributed by atoms with Crippen LogP contribution in [0.3, 0.4) is 0 Å². The molecular formula is C22H24N2O4S. The van der Waals surface area contributed by atoms with Crippen molar-refractivity contribution < 1.29 is 19.4 Å². The van der Waals surface area contributed by atoms with Crippen molar-refractivity contribution in [3.05, 3.63) is 78.6 Å². The highest BCUT2D eigenvalue weighted by Crippen LogP contribution is 2.32. The fourth-order valence-electron chi connectivity index (χ4n) is 3.39. The van der Waals surface area contributed by atoms with Gasteiger partial charge in [0.25, 0.3) is 0 Å². The van der Waals surface area contributed by atoms with Crippen LogP contribution < -0.4 is 0 Å². The molecule has 2 heterocycles. The average molecular weight is 413 g/mol. The van der Waals surface area contributed by atoms with E-state index in [9.17, 15) is 14.7 Å². The van der Waals surface area contributed by atoms with Gasteiger partial charge >= 0.3 is 6.09 Å². The number of ether oxygens (including phenoxy) is 1. The largest absolute Gasteiger partial charge is 0.445 e. The fraction of sp³-hybridized carbons (Fsp3) is 0.318. The zero-order valence-corrected chi connectivity index (χ0v) is 16.8. The topological polar surface area (TPSA) is 79.7 Å². The van der Waals surface area contributed by atoms with Gasteiger partial charge in [0.1, 0.15) is 6.61 Å². The van der Waals surface area contributed by atoms with Gasteiger partial charge in [-0.25, -0.2) is 4.79 Å². The van der Waals surface area contributed by atoms with Crippen LogP contribution in [-0.2, 0) is 11.2 Å². The van der Waals surface area contributed by atoms with Crippen LogP contribution in [-0.4, -0.2) is 56.7 Å². The van der Waals surface area contributed by atoms with E-state index < -0.39 is 18.2 Å². The molecule has 3 atom stereocenters. The molecule has 3 rings (SSSR count). The number of nitrogens with zero attached hydrogens (tertiary/aromatic N) is 2. The third-order valence-electron chi connectivity index (χ3n) is 4.79. The van der Waals surface area contributed by atoms with Crippen molar-refractivity contribution in [2.45, 2.75) is 30.2 Å². The number of pyridine rings is 1. The molecule has 6 nitrogen and oxygen atoms in total. The summed E-state index contributed by atoms with van der Waals surface area (Å²) >= 11 is 1.20. The standard InChI is InChI=1S/C22H24N2O4S/c1-2-12-28-22(27)24-15-18(29-21(26)17-6-4-3-5-7-17)14-19(24)20(25)13-16-8-10-23-11-9-16/h2-11,18-20,25H,1,12-15H2/t18-,19-,20?/m0/s1. The molecule has 1 aromatic carbocycles. The van der Waals surface area contributed by atoms with Crippen LogP contribution in [0.25, 0.3) is 0 Å². The maximum Gasteiger partial charge on any atom is 0.410 e. The lowest BCUT2D eigenvalue weighted by Crippen LogP contribution is -2.44. The maximum atomic E-state index is 12.6. The van der Waals surface area contributed by atoms with E-state index in [1.165, 1.54) is 22.7 Å². The number of thioether (sulfide) groups is 1. The molecular weight excluding hydrogens is 388 g/mol. The van der Waals surface area contributed by atoms with Crippen molar-refractivity contribution in [3.8, 4) is 0 Å². The number of benzene rings is 1. The smallest absolute Gasteiger partial charge is 0.410 e. The van der Waals surface area contributed by atoms with Gasteiger partial charge in [-0.1, -0.05) is 54.7 Å². The van der Waals surface area contributed by atoms with Crippen LogP contribution in [0.15, 0.2) is 67.5 Å². The fourth-order valence-corrected chi connectivity index (χ4v) is 4.49. The van der Waals surface area contributed by atoms with E-state index in [0.717, 1.165) is 5.56 Å². The highest BCUT2D eigenvalue weighted by atomic mass is 32.2. The molecule has 0 spiro atoms. The Morgan fingerprint density at radius 1 is 1.28 bits per heavy atom. The Labute approximate surface area is 174 Å². The number of aliphatic hydroxyl groups is 1. The van der Waals surface area contributed by atoms with Crippen LogP contribution in [0.5, 0.6) is 0 Å². The van der Waals surface area contributed by atoms with Gasteiger partial charge in [-0.15, -0.1) is 0 Å². The molecule has 1 aromatic heterocycles. The third-order valence-corrected chi connectivity index (χ3v) is 5.91. The summed E-state index contributed by atoms with van der Waals surface area (Å²) < 4.78 is 5.20. The van der Waals surface area contributed by atoms with Crippen molar-refractivity contribution in [1.82, 2.24) is 9.88 Å². The minimum Gasteiger partial charge on any atom is -0.445 e. The van der Waals surface area contributed by atoms with Crippen molar-refractivity contribution in [2.75, 3.05) is 13.2 Å². The summed E-state index contributed by atoms with van der Waals surface area (Å²) in [5, 5.41) is 10.7. The van der Waals surface area contributed by atoms with Crippen molar-refractivity contribution in [1.29, 1.82) is 0 Å². The minimum absolute atomic E-state index is 0.0423. The van der Waals surface area contributed by atoms with Crippen LogP contribution in [0.2, 0.25) is 0 Å². The number of hydrogen-bond donors (Lipinski definition) is 1. The molecule has 0 bridgehead atoms. The highest BCUT2D eigenvalue weighted by Gasteiger charge is 2.41. The van der Waals surface area contributed by atoms with Crippen LogP contribution in [0.4, 0.5) is 4.79 Å². The molecule has 1 saturated heterocycles. The van der Waals surface area contributed by atoms with E-state index in [2.05, 4.69) is 11.6 Å². The van der Waals surface area contributed by atoms with Crippen molar-refractivity contribution in [3.63, 3.8) is 0 Å². The van der Waals surface area contributed by atoms with Crippen LogP contribution in [0, 0.1) is 0 Å². The number of carbonyl (C=O) groups is 2. The lowest BCUT2D eigenvalue weighted by Gasteiger charge is -2.27. The Morgan fingerprint density at radius 2 is 2.00 bits per heavy atom. The lowest BCUT2D eigenvalue weighted by molar-refractivity contribution is 0.0556. The number of amides is 1. The van der Waals surface area contributed by atoms with Gasteiger partial charge in [-0.3, -0.25) is 9.78 Å². The van der Waals surface area contributed by atoms with E-state index in [1.807, 2.05) is 30.3 Å². The summed E-state index contributed by atoms with van der Waals surface area (Å²) in [6.45, 7) is 4.00. The molecule has 2 aromatic rings. The second-order valence-electron chi connectivity index (χ2n) is 6.84. The Bertz CT molecular complexity index is 831. The van der Waals surface area contributed by atoms with E-state index in [0.29, 0.717) is 24.9 Å². The van der Waals surface area contributed by atoms with Crippen LogP contribution >= 0.6 is 11.8 Å². The Morgan fingerprint density at radius 3 is 2.69 bits per heavy atom. The first-order chi connectivity index (χ1) is 14.1. The van der Waals surface area contributed by atoms with E-state index in [4.69, 9.17) is 4.74 Å². The summed E-state index contributed by atoms with van der Waals surface area (Å²) in [7, 11) is 0. The first kappa shape index (κ1) is 21.1. The number of hydrogen-bond acceptors (Lipinski definition) is 6. The SMILES string of the molecule is C=CCOC(=O)N1C[C@@H](SC(=O)c2ccccc2)C[C@H]1C(O)Cc1ccncc1. The molecule has 1 amide bonds. The van der Waals surface area contributed by atoms with E-state index >= 15 is 0 Å². The van der Waals surface area contributed by atoms with Crippen LogP contribution in [0.1, 0.15) is 22.3 Å². The van der Waals surface area contributed by atoms with Gasteiger partial charge in [0.2, 0.25) is 5.12 Å². The highest BCUT2D eigenvalue weighted by molar-refractivity contribution is 8.14. The zero-order chi connectivity index (χ0) is 20.6. The molecule has 7 heteroatoms. The quantitative estimate of drug-likeness (QED) is 0.703. The first-order valence-corrected chi connectivity index (χ1v) is 10.3. The number of rotatable bonds is 7. The van der Waals surface area contributed by atoms with Gasteiger partial charge < -0.3 is 14.7 Å². The zero-order valence-electron chi connectivity index (χ0n) is 16.0. The molecule has 0 aliphatic carbocycles. The second-order valence-corrected chi connectivity index (χ2v) is 8.11. The average Bonchev–Trinajstić information content (AvgIpc) is 3.17. The van der Waals surface area contributed by atoms with Gasteiger partial charge in [-0.2, -0.15) is 0 Å². The Kier molecular flexibility index (Phi) is 7.43. The summed E-state index contributed by atoms with van der Waals surface area (Å²) in [5.74, 6) is 0. The first-order valence-electron chi connectivity index (χ1n) is 9.45. The molecule has 1 unspecified atom stereocenters. The van der Waals surface area contributed by atoms with E-state index in [1.54, 1.807) is 24.5 Å². The van der Waals surface area contributed by atoms with Gasteiger partial charge in [0.05, 0.1) is 12.1 Å². The molecule has 0 saturated carbocycles.